The molecule has 116 valence electrons. The minimum absolute atomic E-state index is 0.0316. The van der Waals surface area contributed by atoms with E-state index in [2.05, 4.69) is 5.32 Å². The molecule has 2 N–H and O–H groups in total. The van der Waals surface area contributed by atoms with Gasteiger partial charge in [-0.15, -0.1) is 0 Å². The average Bonchev–Trinajstić information content (AvgIpc) is 2.42. The van der Waals surface area contributed by atoms with Crippen molar-refractivity contribution >= 4 is 11.9 Å². The van der Waals surface area contributed by atoms with E-state index in [1.54, 1.807) is 26.8 Å². The molecule has 0 heterocycles. The molecule has 0 saturated heterocycles. The number of hydrogen-bond donors (Lipinski definition) is 2. The molecule has 0 aliphatic heterocycles. The third-order valence-corrected chi connectivity index (χ3v) is 3.00. The first-order chi connectivity index (χ1) is 9.86. The van der Waals surface area contributed by atoms with Crippen LogP contribution in [-0.2, 0) is 9.59 Å². The number of nitrogens with one attached hydrogen (secondary N) is 1. The van der Waals surface area contributed by atoms with E-state index in [-0.39, 0.29) is 11.7 Å². The number of benzene rings is 1. The maximum absolute atomic E-state index is 13.5. The van der Waals surface area contributed by atoms with E-state index in [9.17, 15) is 14.0 Å². The maximum Gasteiger partial charge on any atom is 0.326 e. The van der Waals surface area contributed by atoms with Crippen LogP contribution in [0.4, 0.5) is 4.39 Å². The van der Waals surface area contributed by atoms with Gasteiger partial charge in [-0.25, -0.2) is 9.18 Å². The molecular weight excluding hydrogens is 277 g/mol. The number of amides is 1. The lowest BCUT2D eigenvalue weighted by atomic mass is 10.0. The molecular formula is C15H20FNO4. The Morgan fingerprint density at radius 3 is 2.43 bits per heavy atom. The number of carboxylic acid groups (broad SMARTS) is 1. The van der Waals surface area contributed by atoms with Crippen molar-refractivity contribution in [3.05, 3.63) is 30.1 Å². The zero-order valence-electron chi connectivity index (χ0n) is 12.3. The Balaban J connectivity index is 2.78. The lowest BCUT2D eigenvalue weighted by molar-refractivity contribution is -0.144. The van der Waals surface area contributed by atoms with Crippen molar-refractivity contribution in [2.24, 2.45) is 5.92 Å². The molecule has 6 heteroatoms. The Hall–Kier alpha value is -2.11. The minimum atomic E-state index is -1.11. The fourth-order valence-corrected chi connectivity index (χ4v) is 1.78. The lowest BCUT2D eigenvalue weighted by Gasteiger charge is -2.22. The lowest BCUT2D eigenvalue weighted by Crippen LogP contribution is -2.49. The maximum atomic E-state index is 13.5. The molecule has 21 heavy (non-hydrogen) atoms. The summed E-state index contributed by atoms with van der Waals surface area (Å²) in [6.07, 6.45) is -0.646. The summed E-state index contributed by atoms with van der Waals surface area (Å²) in [5.41, 5.74) is 0. The predicted octanol–water partition coefficient (Wildman–Crippen LogP) is 2.21. The molecule has 0 aliphatic carbocycles. The van der Waals surface area contributed by atoms with Gasteiger partial charge in [0, 0.05) is 0 Å². The molecule has 0 saturated carbocycles. The molecule has 0 radical (unpaired) electrons. The van der Waals surface area contributed by atoms with Gasteiger partial charge in [0.05, 0.1) is 0 Å². The summed E-state index contributed by atoms with van der Waals surface area (Å²) in [5.74, 6) is -2.54. The second kappa shape index (κ2) is 7.61. The quantitative estimate of drug-likeness (QED) is 0.809. The van der Waals surface area contributed by atoms with Gasteiger partial charge >= 0.3 is 5.97 Å². The van der Waals surface area contributed by atoms with Gasteiger partial charge in [0.15, 0.2) is 17.7 Å². The van der Waals surface area contributed by atoms with Gasteiger partial charge in [-0.3, -0.25) is 4.79 Å². The van der Waals surface area contributed by atoms with Crippen molar-refractivity contribution in [2.45, 2.75) is 39.3 Å². The first-order valence-corrected chi connectivity index (χ1v) is 6.81. The van der Waals surface area contributed by atoms with Crippen LogP contribution >= 0.6 is 0 Å². The Morgan fingerprint density at radius 1 is 1.33 bits per heavy atom. The van der Waals surface area contributed by atoms with Gasteiger partial charge in [0.25, 0.3) is 5.91 Å². The molecule has 1 aromatic carbocycles. The van der Waals surface area contributed by atoms with Crippen molar-refractivity contribution in [3.8, 4) is 5.75 Å². The molecule has 0 spiro atoms. The zero-order valence-corrected chi connectivity index (χ0v) is 12.3. The number of carboxylic acids is 1. The molecule has 0 bridgehead atoms. The number of halogens is 1. The summed E-state index contributed by atoms with van der Waals surface area (Å²) in [7, 11) is 0. The van der Waals surface area contributed by atoms with E-state index in [1.807, 2.05) is 0 Å². The molecule has 1 aromatic rings. The predicted molar refractivity (Wildman–Crippen MR) is 75.5 cm³/mol. The van der Waals surface area contributed by atoms with Gasteiger partial charge in [0.1, 0.15) is 6.04 Å². The van der Waals surface area contributed by atoms with Crippen LogP contribution in [0, 0.1) is 11.7 Å². The summed E-state index contributed by atoms with van der Waals surface area (Å²) >= 11 is 0. The van der Waals surface area contributed by atoms with E-state index in [4.69, 9.17) is 9.84 Å². The van der Waals surface area contributed by atoms with E-state index in [0.717, 1.165) is 0 Å². The molecule has 0 aromatic heterocycles. The SMILES string of the molecule is CCC(Oc1ccccc1F)C(=O)N[C@H](C(=O)O)C(C)C. The third-order valence-electron chi connectivity index (χ3n) is 3.00. The van der Waals surface area contributed by atoms with Gasteiger partial charge in [-0.2, -0.15) is 0 Å². The van der Waals surface area contributed by atoms with Gasteiger partial charge in [-0.1, -0.05) is 32.9 Å². The highest BCUT2D eigenvalue weighted by Crippen LogP contribution is 2.18. The molecule has 0 aliphatic rings. The van der Waals surface area contributed by atoms with Crippen molar-refractivity contribution < 1.29 is 23.8 Å². The van der Waals surface area contributed by atoms with Gasteiger partial charge in [-0.05, 0) is 24.5 Å². The van der Waals surface area contributed by atoms with Gasteiger partial charge < -0.3 is 15.2 Å². The highest BCUT2D eigenvalue weighted by Gasteiger charge is 2.28. The minimum Gasteiger partial charge on any atom is -0.480 e. The van der Waals surface area contributed by atoms with E-state index >= 15 is 0 Å². The molecule has 2 atom stereocenters. The number of carbonyl (C=O) groups is 2. The first kappa shape index (κ1) is 16.9. The number of carbonyl (C=O) groups excluding carboxylic acids is 1. The molecule has 1 rings (SSSR count). The van der Waals surface area contributed by atoms with Crippen LogP contribution in [0.1, 0.15) is 27.2 Å². The van der Waals surface area contributed by atoms with E-state index in [0.29, 0.717) is 6.42 Å². The topological polar surface area (TPSA) is 75.6 Å². The van der Waals surface area contributed by atoms with Crippen LogP contribution < -0.4 is 10.1 Å². The molecule has 1 amide bonds. The smallest absolute Gasteiger partial charge is 0.326 e. The van der Waals surface area contributed by atoms with Crippen LogP contribution in [0.2, 0.25) is 0 Å². The van der Waals surface area contributed by atoms with E-state index < -0.39 is 29.8 Å². The molecule has 5 nitrogen and oxygen atoms in total. The number of ether oxygens (including phenoxy) is 1. The van der Waals surface area contributed by atoms with E-state index in [1.165, 1.54) is 18.2 Å². The normalized spacial score (nSPS) is 13.6. The van der Waals surface area contributed by atoms with Crippen molar-refractivity contribution in [3.63, 3.8) is 0 Å². The van der Waals surface area contributed by atoms with Crippen LogP contribution in [0.5, 0.6) is 5.75 Å². The monoisotopic (exact) mass is 297 g/mol. The Bertz CT molecular complexity index is 504. The summed E-state index contributed by atoms with van der Waals surface area (Å²) in [6, 6.07) is 4.76. The second-order valence-corrected chi connectivity index (χ2v) is 5.01. The Kier molecular flexibility index (Phi) is 6.14. The fourth-order valence-electron chi connectivity index (χ4n) is 1.78. The van der Waals surface area contributed by atoms with Crippen molar-refractivity contribution in [2.75, 3.05) is 0 Å². The number of rotatable bonds is 7. The van der Waals surface area contributed by atoms with Crippen LogP contribution in [0.3, 0.4) is 0 Å². The number of aliphatic carboxylic acids is 1. The first-order valence-electron chi connectivity index (χ1n) is 6.81. The summed E-state index contributed by atoms with van der Waals surface area (Å²) < 4.78 is 18.9. The highest BCUT2D eigenvalue weighted by molar-refractivity contribution is 5.86. The summed E-state index contributed by atoms with van der Waals surface area (Å²) in [5, 5.41) is 11.5. The standard InChI is InChI=1S/C15H20FNO4/c1-4-11(21-12-8-6-5-7-10(12)16)14(18)17-13(9(2)3)15(19)20/h5-9,11,13H,4H2,1-3H3,(H,17,18)(H,19,20)/t11?,13-/m0/s1. The van der Waals surface area contributed by atoms with Crippen LogP contribution in [0.25, 0.3) is 0 Å². The zero-order chi connectivity index (χ0) is 16.0. The van der Waals surface area contributed by atoms with Gasteiger partial charge in [0.2, 0.25) is 0 Å². The Labute approximate surface area is 123 Å². The summed E-state index contributed by atoms with van der Waals surface area (Å²) in [6.45, 7) is 5.09. The highest BCUT2D eigenvalue weighted by atomic mass is 19.1. The van der Waals surface area contributed by atoms with Crippen molar-refractivity contribution in [1.82, 2.24) is 5.32 Å². The van der Waals surface area contributed by atoms with Crippen molar-refractivity contribution in [1.29, 1.82) is 0 Å². The number of hydrogen-bond acceptors (Lipinski definition) is 3. The average molecular weight is 297 g/mol. The molecule has 1 unspecified atom stereocenters. The molecule has 0 fully saturated rings. The van der Waals surface area contributed by atoms with Crippen LogP contribution in [0.15, 0.2) is 24.3 Å². The largest absolute Gasteiger partial charge is 0.480 e. The third kappa shape index (κ3) is 4.73. The number of para-hydroxylation sites is 1. The van der Waals surface area contributed by atoms with Crippen LogP contribution in [-0.4, -0.2) is 29.1 Å². The second-order valence-electron chi connectivity index (χ2n) is 5.01. The fraction of sp³-hybridized carbons (Fsp3) is 0.467. The Morgan fingerprint density at radius 2 is 1.95 bits per heavy atom. The summed E-state index contributed by atoms with van der Waals surface area (Å²) in [4.78, 5) is 23.2.